The minimum absolute atomic E-state index is 0.195. The maximum atomic E-state index is 12.1. The molecule has 1 amide bonds. The summed E-state index contributed by atoms with van der Waals surface area (Å²) >= 11 is 0. The molecule has 106 valence electrons. The highest BCUT2D eigenvalue weighted by molar-refractivity contribution is 5.86. The van der Waals surface area contributed by atoms with Crippen LogP contribution in [0.5, 0.6) is 0 Å². The molecule has 0 bridgehead atoms. The fourth-order valence-corrected chi connectivity index (χ4v) is 2.62. The first-order valence-corrected chi connectivity index (χ1v) is 6.99. The van der Waals surface area contributed by atoms with Crippen molar-refractivity contribution in [2.24, 2.45) is 16.8 Å². The fraction of sp³-hybridized carbons (Fsp3) is 0.733. The van der Waals surface area contributed by atoms with Gasteiger partial charge in [0.1, 0.15) is 5.60 Å². The van der Waals surface area contributed by atoms with Crippen molar-refractivity contribution >= 4 is 11.8 Å². The summed E-state index contributed by atoms with van der Waals surface area (Å²) in [4.78, 5) is 18.4. The van der Waals surface area contributed by atoms with Crippen molar-refractivity contribution in [2.45, 2.75) is 46.6 Å². The van der Waals surface area contributed by atoms with E-state index in [1.807, 2.05) is 31.9 Å². The summed E-state index contributed by atoms with van der Waals surface area (Å²) in [5.41, 5.74) is 2.10. The molecular weight excluding hydrogens is 240 g/mol. The van der Waals surface area contributed by atoms with Crippen molar-refractivity contribution in [2.75, 3.05) is 13.1 Å². The van der Waals surface area contributed by atoms with E-state index in [-0.39, 0.29) is 6.09 Å². The number of carbonyl (C=O) groups excluding carboxylic acids is 1. The SMILES string of the molecule is CC1=NC=C2CCN(C(=O)OC(C)(C)C)CC2C1C. The van der Waals surface area contributed by atoms with Crippen molar-refractivity contribution in [3.8, 4) is 0 Å². The Kier molecular flexibility index (Phi) is 3.70. The normalized spacial score (nSPS) is 27.3. The van der Waals surface area contributed by atoms with E-state index < -0.39 is 5.60 Å². The summed E-state index contributed by atoms with van der Waals surface area (Å²) < 4.78 is 5.46. The molecule has 0 aromatic carbocycles. The Morgan fingerprint density at radius 1 is 1.47 bits per heavy atom. The first kappa shape index (κ1) is 14.1. The zero-order valence-corrected chi connectivity index (χ0v) is 12.6. The van der Waals surface area contributed by atoms with Crippen molar-refractivity contribution in [3.05, 3.63) is 11.8 Å². The largest absolute Gasteiger partial charge is 0.444 e. The molecule has 0 N–H and O–H groups in total. The highest BCUT2D eigenvalue weighted by Gasteiger charge is 2.35. The summed E-state index contributed by atoms with van der Waals surface area (Å²) in [6.07, 6.45) is 2.70. The van der Waals surface area contributed by atoms with Gasteiger partial charge in [0.05, 0.1) is 0 Å². The minimum Gasteiger partial charge on any atom is -0.444 e. The standard InChI is InChI=1S/C15H24N2O2/c1-10-11(2)16-8-12-6-7-17(9-13(10)12)14(18)19-15(3,4)5/h8,10,13H,6-7,9H2,1-5H3. The van der Waals surface area contributed by atoms with Crippen LogP contribution in [0.3, 0.4) is 0 Å². The van der Waals surface area contributed by atoms with E-state index in [0.717, 1.165) is 25.2 Å². The second kappa shape index (κ2) is 4.99. The van der Waals surface area contributed by atoms with Gasteiger partial charge >= 0.3 is 6.09 Å². The van der Waals surface area contributed by atoms with Crippen LogP contribution in [0.2, 0.25) is 0 Å². The monoisotopic (exact) mass is 264 g/mol. The number of carbonyl (C=O) groups is 1. The summed E-state index contributed by atoms with van der Waals surface area (Å²) in [6.45, 7) is 11.4. The first-order valence-electron chi connectivity index (χ1n) is 6.99. The maximum Gasteiger partial charge on any atom is 0.410 e. The van der Waals surface area contributed by atoms with Gasteiger partial charge in [-0.15, -0.1) is 0 Å². The molecule has 2 aliphatic rings. The zero-order valence-electron chi connectivity index (χ0n) is 12.6. The Morgan fingerprint density at radius 3 is 2.79 bits per heavy atom. The average molecular weight is 264 g/mol. The lowest BCUT2D eigenvalue weighted by atomic mass is 9.79. The van der Waals surface area contributed by atoms with E-state index in [0.29, 0.717) is 11.8 Å². The second-order valence-corrected chi connectivity index (χ2v) is 6.55. The van der Waals surface area contributed by atoms with Crippen LogP contribution in [0, 0.1) is 11.8 Å². The molecule has 1 saturated heterocycles. The molecule has 2 unspecified atom stereocenters. The molecule has 2 atom stereocenters. The molecule has 0 saturated carbocycles. The number of piperidine rings is 1. The molecule has 2 aliphatic heterocycles. The highest BCUT2D eigenvalue weighted by Crippen LogP contribution is 2.33. The summed E-state index contributed by atoms with van der Waals surface area (Å²) in [7, 11) is 0. The zero-order chi connectivity index (χ0) is 14.2. The van der Waals surface area contributed by atoms with E-state index in [2.05, 4.69) is 18.8 Å². The average Bonchev–Trinajstić information content (AvgIpc) is 2.31. The number of rotatable bonds is 0. The predicted octanol–water partition coefficient (Wildman–Crippen LogP) is 3.24. The molecule has 2 heterocycles. The van der Waals surface area contributed by atoms with E-state index in [1.54, 1.807) is 0 Å². The molecular formula is C15H24N2O2. The third-order valence-electron chi connectivity index (χ3n) is 3.91. The third kappa shape index (κ3) is 3.17. The summed E-state index contributed by atoms with van der Waals surface area (Å²) in [6, 6.07) is 0. The molecule has 0 aliphatic carbocycles. The van der Waals surface area contributed by atoms with Gasteiger partial charge in [0.25, 0.3) is 0 Å². The van der Waals surface area contributed by atoms with Crippen LogP contribution in [0.25, 0.3) is 0 Å². The highest BCUT2D eigenvalue weighted by atomic mass is 16.6. The number of hydrogen-bond acceptors (Lipinski definition) is 3. The molecule has 0 spiro atoms. The second-order valence-electron chi connectivity index (χ2n) is 6.55. The molecule has 1 fully saturated rings. The Morgan fingerprint density at radius 2 is 2.16 bits per heavy atom. The Hall–Kier alpha value is -1.32. The smallest absolute Gasteiger partial charge is 0.410 e. The van der Waals surface area contributed by atoms with Crippen LogP contribution in [-0.2, 0) is 4.74 Å². The van der Waals surface area contributed by atoms with Gasteiger partial charge in [0, 0.05) is 36.8 Å². The summed E-state index contributed by atoms with van der Waals surface area (Å²) in [5.74, 6) is 0.809. The van der Waals surface area contributed by atoms with Crippen LogP contribution in [0.4, 0.5) is 4.79 Å². The van der Waals surface area contributed by atoms with Crippen LogP contribution in [0.15, 0.2) is 16.8 Å². The van der Waals surface area contributed by atoms with E-state index in [9.17, 15) is 4.79 Å². The third-order valence-corrected chi connectivity index (χ3v) is 3.91. The molecule has 2 rings (SSSR count). The predicted molar refractivity (Wildman–Crippen MR) is 76.3 cm³/mol. The number of fused-ring (bicyclic) bond motifs is 1. The topological polar surface area (TPSA) is 41.9 Å². The van der Waals surface area contributed by atoms with Gasteiger partial charge in [-0.05, 0) is 39.7 Å². The van der Waals surface area contributed by atoms with Crippen LogP contribution < -0.4 is 0 Å². The van der Waals surface area contributed by atoms with Gasteiger partial charge in [-0.1, -0.05) is 6.92 Å². The van der Waals surface area contributed by atoms with Crippen molar-refractivity contribution < 1.29 is 9.53 Å². The number of hydrogen-bond donors (Lipinski definition) is 0. The fourth-order valence-electron chi connectivity index (χ4n) is 2.62. The Bertz CT molecular complexity index is 432. The van der Waals surface area contributed by atoms with Gasteiger partial charge < -0.3 is 9.64 Å². The quantitative estimate of drug-likeness (QED) is 0.674. The van der Waals surface area contributed by atoms with E-state index >= 15 is 0 Å². The van der Waals surface area contributed by atoms with Crippen LogP contribution in [-0.4, -0.2) is 35.4 Å². The Labute approximate surface area is 115 Å². The number of amides is 1. The van der Waals surface area contributed by atoms with Gasteiger partial charge in [0.2, 0.25) is 0 Å². The lowest BCUT2D eigenvalue weighted by Gasteiger charge is -2.39. The molecule has 0 aromatic heterocycles. The van der Waals surface area contributed by atoms with Gasteiger partial charge in [0.15, 0.2) is 0 Å². The number of nitrogens with zero attached hydrogens (tertiary/aromatic N) is 2. The van der Waals surface area contributed by atoms with Crippen LogP contribution >= 0.6 is 0 Å². The van der Waals surface area contributed by atoms with Crippen LogP contribution in [0.1, 0.15) is 41.0 Å². The van der Waals surface area contributed by atoms with E-state index in [1.165, 1.54) is 5.57 Å². The number of aliphatic imine (C=N–C) groups is 1. The van der Waals surface area contributed by atoms with Crippen molar-refractivity contribution in [1.29, 1.82) is 0 Å². The van der Waals surface area contributed by atoms with Crippen molar-refractivity contribution in [3.63, 3.8) is 0 Å². The molecule has 0 radical (unpaired) electrons. The summed E-state index contributed by atoms with van der Waals surface area (Å²) in [5, 5.41) is 0. The molecule has 4 heteroatoms. The lowest BCUT2D eigenvalue weighted by Crippen LogP contribution is -2.46. The van der Waals surface area contributed by atoms with Crippen molar-refractivity contribution in [1.82, 2.24) is 4.90 Å². The van der Waals surface area contributed by atoms with Gasteiger partial charge in [-0.25, -0.2) is 4.79 Å². The van der Waals surface area contributed by atoms with E-state index in [4.69, 9.17) is 4.74 Å². The minimum atomic E-state index is -0.428. The lowest BCUT2D eigenvalue weighted by molar-refractivity contribution is 0.0192. The maximum absolute atomic E-state index is 12.1. The van der Waals surface area contributed by atoms with Gasteiger partial charge in [-0.2, -0.15) is 0 Å². The molecule has 19 heavy (non-hydrogen) atoms. The first-order chi connectivity index (χ1) is 8.78. The Balaban J connectivity index is 2.05. The number of likely N-dealkylation sites (tertiary alicyclic amines) is 1. The number of ether oxygens (including phenoxy) is 1. The molecule has 4 nitrogen and oxygen atoms in total. The van der Waals surface area contributed by atoms with Gasteiger partial charge in [-0.3, -0.25) is 4.99 Å². The molecule has 0 aromatic rings.